The van der Waals surface area contributed by atoms with E-state index in [0.717, 1.165) is 19.3 Å². The van der Waals surface area contributed by atoms with Crippen molar-refractivity contribution in [3.05, 3.63) is 35.9 Å². The zero-order valence-electron chi connectivity index (χ0n) is 28.6. The smallest absolute Gasteiger partial charge is 0.257 e. The van der Waals surface area contributed by atoms with Crippen LogP contribution in [-0.2, 0) is 22.4 Å². The number of nitrogens with zero attached hydrogens (tertiary/aromatic N) is 2. The van der Waals surface area contributed by atoms with Crippen molar-refractivity contribution in [2.75, 3.05) is 37.0 Å². The van der Waals surface area contributed by atoms with E-state index in [0.29, 0.717) is 34.6 Å². The van der Waals surface area contributed by atoms with Crippen molar-refractivity contribution >= 4 is 39.0 Å². The number of rotatable bonds is 26. The molecule has 46 heavy (non-hydrogen) atoms. The van der Waals surface area contributed by atoms with Gasteiger partial charge in [0.15, 0.2) is 11.0 Å². The van der Waals surface area contributed by atoms with Gasteiger partial charge in [0.2, 0.25) is 0 Å². The third-order valence-electron chi connectivity index (χ3n) is 8.55. The summed E-state index contributed by atoms with van der Waals surface area (Å²) in [4.78, 5) is 15.5. The summed E-state index contributed by atoms with van der Waals surface area (Å²) in [6, 6.07) is 10.9. The fourth-order valence-corrected chi connectivity index (χ4v) is 8.22. The van der Waals surface area contributed by atoms with E-state index in [1.807, 2.05) is 26.0 Å². The fraction of sp³-hybridized carbons (Fsp3) is 0.676. The minimum Gasteiger partial charge on any atom is -0.616 e. The zero-order chi connectivity index (χ0) is 33.6. The first kappa shape index (κ1) is 40.1. The third-order valence-corrected chi connectivity index (χ3v) is 11.8. The lowest BCUT2D eigenvalue weighted by Crippen LogP contribution is -2.36. The molecule has 0 saturated carbocycles. The quantitative estimate of drug-likeness (QED) is 0.0788. The molecule has 0 saturated heterocycles. The molecule has 2 rings (SSSR count). The van der Waals surface area contributed by atoms with Gasteiger partial charge in [0.1, 0.15) is 29.6 Å². The van der Waals surface area contributed by atoms with Crippen molar-refractivity contribution in [3.63, 3.8) is 0 Å². The maximum Gasteiger partial charge on any atom is 0.257 e. The van der Waals surface area contributed by atoms with E-state index in [-0.39, 0.29) is 42.5 Å². The predicted octanol–water partition coefficient (Wildman–Crippen LogP) is 8.67. The number of amides is 1. The molecule has 7 nitrogen and oxygen atoms in total. The summed E-state index contributed by atoms with van der Waals surface area (Å²) in [5.41, 5.74) is 0.127. The maximum absolute atomic E-state index is 13.8. The van der Waals surface area contributed by atoms with Crippen LogP contribution in [0.3, 0.4) is 0 Å². The molecule has 1 amide bonds. The second-order valence-corrected chi connectivity index (χ2v) is 15.9. The molecule has 258 valence electrons. The Labute approximate surface area is 284 Å². The standard InChI is InChI=1S/C37H58N2O5S2/c1-4-7-8-9-10-11-12-13-14-15-16-17-18-21-26-39(27-22-25-38)37(41)34-28-35(32-23-19-20-24-33(32)36(34)40)44-29-31(46(43)6-3)30-45(42)5-2/h19-20,23-24,28,31,40H,4-18,21-22,26-27,29-30H2,1-3H3. The highest BCUT2D eigenvalue weighted by Gasteiger charge is 2.29. The molecule has 0 bridgehead atoms. The molecule has 2 aromatic carbocycles. The monoisotopic (exact) mass is 674 g/mol. The first-order valence-corrected chi connectivity index (χ1v) is 20.5. The molecule has 0 aliphatic carbocycles. The minimum absolute atomic E-state index is 0.0891. The number of benzene rings is 2. The van der Waals surface area contributed by atoms with E-state index < -0.39 is 27.6 Å². The van der Waals surface area contributed by atoms with Crippen LogP contribution in [0.15, 0.2) is 30.3 Å². The number of carbonyl (C=O) groups excluding carboxylic acids is 1. The lowest BCUT2D eigenvalue weighted by atomic mass is 10.0. The van der Waals surface area contributed by atoms with Crippen LogP contribution in [0.1, 0.15) is 127 Å². The summed E-state index contributed by atoms with van der Waals surface area (Å²) in [7, 11) is 0. The number of hydrogen-bond donors (Lipinski definition) is 1. The Morgan fingerprint density at radius 3 is 1.98 bits per heavy atom. The number of hydrogen-bond acceptors (Lipinski definition) is 6. The molecule has 0 fully saturated rings. The average Bonchev–Trinajstić information content (AvgIpc) is 3.08. The van der Waals surface area contributed by atoms with Gasteiger partial charge in [-0.15, -0.1) is 0 Å². The van der Waals surface area contributed by atoms with Gasteiger partial charge >= 0.3 is 0 Å². The van der Waals surface area contributed by atoms with Gasteiger partial charge in [-0.2, -0.15) is 5.26 Å². The lowest BCUT2D eigenvalue weighted by molar-refractivity contribution is 0.0752. The summed E-state index contributed by atoms with van der Waals surface area (Å²) >= 11 is -2.31. The molecular weight excluding hydrogens is 617 g/mol. The number of nitriles is 1. The number of phenolic OH excluding ortho intramolecular Hbond substituents is 1. The largest absolute Gasteiger partial charge is 0.616 e. The molecular formula is C37H58N2O5S2. The normalized spacial score (nSPS) is 13.3. The third kappa shape index (κ3) is 14.3. The summed E-state index contributed by atoms with van der Waals surface area (Å²) in [5.74, 6) is 1.15. The number of unbranched alkanes of at least 4 members (excludes halogenated alkanes) is 13. The van der Waals surface area contributed by atoms with Gasteiger partial charge < -0.3 is 23.8 Å². The van der Waals surface area contributed by atoms with Crippen molar-refractivity contribution in [1.82, 2.24) is 4.90 Å². The van der Waals surface area contributed by atoms with Crippen LogP contribution >= 0.6 is 0 Å². The molecule has 0 spiro atoms. The Balaban J connectivity index is 1.99. The Morgan fingerprint density at radius 2 is 1.43 bits per heavy atom. The molecule has 0 aromatic heterocycles. The maximum atomic E-state index is 13.8. The Hall–Kier alpha value is -2.12. The van der Waals surface area contributed by atoms with E-state index in [9.17, 15) is 24.3 Å². The van der Waals surface area contributed by atoms with Crippen LogP contribution in [0.5, 0.6) is 11.5 Å². The van der Waals surface area contributed by atoms with Crippen LogP contribution in [0.4, 0.5) is 0 Å². The van der Waals surface area contributed by atoms with Gasteiger partial charge in [0.05, 0.1) is 18.1 Å². The van der Waals surface area contributed by atoms with Crippen LogP contribution in [0.25, 0.3) is 10.8 Å². The first-order chi connectivity index (χ1) is 22.4. The number of phenols is 1. The van der Waals surface area contributed by atoms with E-state index in [2.05, 4.69) is 13.0 Å². The first-order valence-electron chi connectivity index (χ1n) is 17.6. The SMILES string of the molecule is CCCCCCCCCCCCCCCCN(CCC#N)C(=O)c1cc(OCC(C[S+]([O-])CC)[S+]([O-])CC)c2ccccc2c1O. The molecule has 0 heterocycles. The van der Waals surface area contributed by atoms with Crippen LogP contribution < -0.4 is 4.74 Å². The van der Waals surface area contributed by atoms with Crippen molar-refractivity contribution < 1.29 is 23.7 Å². The topological polar surface area (TPSA) is 120 Å². The highest BCUT2D eigenvalue weighted by molar-refractivity contribution is 7.95. The summed E-state index contributed by atoms with van der Waals surface area (Å²) < 4.78 is 31.2. The van der Waals surface area contributed by atoms with E-state index in [1.54, 1.807) is 23.1 Å². The van der Waals surface area contributed by atoms with Crippen LogP contribution in [-0.4, -0.2) is 67.2 Å². The van der Waals surface area contributed by atoms with E-state index in [1.165, 1.54) is 70.6 Å². The molecule has 0 aliphatic heterocycles. The number of fused-ring (bicyclic) bond motifs is 1. The highest BCUT2D eigenvalue weighted by atomic mass is 32.2. The van der Waals surface area contributed by atoms with Crippen molar-refractivity contribution in [2.24, 2.45) is 0 Å². The van der Waals surface area contributed by atoms with E-state index in [4.69, 9.17) is 4.74 Å². The Bertz CT molecular complexity index is 1170. The summed E-state index contributed by atoms with van der Waals surface area (Å²) in [6.45, 7) is 6.82. The van der Waals surface area contributed by atoms with Crippen molar-refractivity contribution in [3.8, 4) is 17.6 Å². The minimum atomic E-state index is -1.21. The molecule has 0 aliphatic rings. The van der Waals surface area contributed by atoms with Gasteiger partial charge in [-0.25, -0.2) is 0 Å². The summed E-state index contributed by atoms with van der Waals surface area (Å²) in [6.07, 6.45) is 17.7. The van der Waals surface area contributed by atoms with Gasteiger partial charge in [0.25, 0.3) is 5.91 Å². The van der Waals surface area contributed by atoms with Crippen molar-refractivity contribution in [1.29, 1.82) is 5.26 Å². The fourth-order valence-electron chi connectivity index (χ4n) is 5.72. The number of carbonyl (C=O) groups is 1. The molecule has 0 radical (unpaired) electrons. The lowest BCUT2D eigenvalue weighted by Gasteiger charge is -2.24. The molecule has 3 atom stereocenters. The Kier molecular flexibility index (Phi) is 21.0. The predicted molar refractivity (Wildman–Crippen MR) is 194 cm³/mol. The highest BCUT2D eigenvalue weighted by Crippen LogP contribution is 2.37. The number of aromatic hydroxyl groups is 1. The number of ether oxygens (including phenoxy) is 1. The second-order valence-electron chi connectivity index (χ2n) is 12.1. The van der Waals surface area contributed by atoms with Gasteiger partial charge in [0, 0.05) is 23.9 Å². The van der Waals surface area contributed by atoms with Crippen LogP contribution in [0.2, 0.25) is 0 Å². The zero-order valence-corrected chi connectivity index (χ0v) is 30.2. The average molecular weight is 675 g/mol. The van der Waals surface area contributed by atoms with E-state index >= 15 is 0 Å². The Morgan fingerprint density at radius 1 is 0.870 bits per heavy atom. The van der Waals surface area contributed by atoms with Crippen molar-refractivity contribution in [2.45, 2.75) is 122 Å². The van der Waals surface area contributed by atoms with Gasteiger partial charge in [-0.3, -0.25) is 4.79 Å². The second kappa shape index (κ2) is 24.1. The molecule has 1 N–H and O–H groups in total. The van der Waals surface area contributed by atoms with Crippen LogP contribution in [0, 0.1) is 11.3 Å². The molecule has 2 aromatic rings. The van der Waals surface area contributed by atoms with Gasteiger partial charge in [-0.1, -0.05) is 115 Å². The van der Waals surface area contributed by atoms with Gasteiger partial charge in [-0.05, 0) is 48.7 Å². The molecule has 9 heteroatoms. The molecule has 3 unspecified atom stereocenters. The summed E-state index contributed by atoms with van der Waals surface area (Å²) in [5, 5.41) is 21.2.